The van der Waals surface area contributed by atoms with Crippen LogP contribution >= 0.6 is 0 Å². The highest BCUT2D eigenvalue weighted by atomic mass is 16.2. The molecule has 0 spiro atoms. The SMILES string of the molecule is Cc1ccc(=O)n(CN2CCCN(C(=O)CC3CCCC3)CC2)n1. The molecular formula is C18H28N4O2. The Labute approximate surface area is 143 Å². The Morgan fingerprint density at radius 3 is 2.71 bits per heavy atom. The lowest BCUT2D eigenvalue weighted by Crippen LogP contribution is -2.38. The van der Waals surface area contributed by atoms with Gasteiger partial charge in [0.05, 0.1) is 12.4 Å². The minimum Gasteiger partial charge on any atom is -0.341 e. The highest BCUT2D eigenvalue weighted by Crippen LogP contribution is 2.28. The van der Waals surface area contributed by atoms with Crippen LogP contribution in [0.15, 0.2) is 16.9 Å². The fraction of sp³-hybridized carbons (Fsp3) is 0.722. The van der Waals surface area contributed by atoms with Crippen LogP contribution in [-0.4, -0.2) is 51.7 Å². The van der Waals surface area contributed by atoms with Gasteiger partial charge in [0.25, 0.3) is 5.56 Å². The predicted molar refractivity (Wildman–Crippen MR) is 92.6 cm³/mol. The van der Waals surface area contributed by atoms with Crippen molar-refractivity contribution in [1.82, 2.24) is 19.6 Å². The maximum Gasteiger partial charge on any atom is 0.267 e. The van der Waals surface area contributed by atoms with Crippen molar-refractivity contribution >= 4 is 5.91 Å². The number of hydrogen-bond donors (Lipinski definition) is 0. The third-order valence-corrected chi connectivity index (χ3v) is 5.21. The lowest BCUT2D eigenvalue weighted by molar-refractivity contribution is -0.132. The van der Waals surface area contributed by atoms with Crippen molar-refractivity contribution in [2.45, 2.75) is 52.1 Å². The van der Waals surface area contributed by atoms with Crippen LogP contribution in [0.1, 0.15) is 44.2 Å². The molecule has 0 unspecified atom stereocenters. The second-order valence-electron chi connectivity index (χ2n) is 7.16. The average Bonchev–Trinajstić information content (AvgIpc) is 2.95. The number of rotatable bonds is 4. The monoisotopic (exact) mass is 332 g/mol. The van der Waals surface area contributed by atoms with Crippen LogP contribution in [0.5, 0.6) is 0 Å². The number of amides is 1. The molecule has 1 aromatic rings. The van der Waals surface area contributed by atoms with Gasteiger partial charge >= 0.3 is 0 Å². The highest BCUT2D eigenvalue weighted by Gasteiger charge is 2.24. The van der Waals surface area contributed by atoms with E-state index in [2.05, 4.69) is 10.00 Å². The van der Waals surface area contributed by atoms with Gasteiger partial charge < -0.3 is 4.90 Å². The fourth-order valence-electron chi connectivity index (χ4n) is 3.79. The van der Waals surface area contributed by atoms with Crippen molar-refractivity contribution in [1.29, 1.82) is 0 Å². The van der Waals surface area contributed by atoms with Crippen molar-refractivity contribution in [2.24, 2.45) is 5.92 Å². The molecule has 1 saturated heterocycles. The Morgan fingerprint density at radius 2 is 1.92 bits per heavy atom. The average molecular weight is 332 g/mol. The summed E-state index contributed by atoms with van der Waals surface area (Å²) >= 11 is 0. The standard InChI is InChI=1S/C18H28N4O2/c1-15-7-8-17(23)22(19-15)14-20-9-4-10-21(12-11-20)18(24)13-16-5-2-3-6-16/h7-8,16H,2-6,9-14H2,1H3. The first-order chi connectivity index (χ1) is 11.6. The third kappa shape index (κ3) is 4.44. The molecule has 0 radical (unpaired) electrons. The first-order valence-electron chi connectivity index (χ1n) is 9.17. The van der Waals surface area contributed by atoms with Gasteiger partial charge in [0.15, 0.2) is 0 Å². The normalized spacial score (nSPS) is 20.3. The van der Waals surface area contributed by atoms with Gasteiger partial charge in [0.2, 0.25) is 5.91 Å². The molecule has 0 aromatic carbocycles. The van der Waals surface area contributed by atoms with Gasteiger partial charge in [-0.3, -0.25) is 14.5 Å². The molecule has 1 amide bonds. The second kappa shape index (κ2) is 7.92. The van der Waals surface area contributed by atoms with Crippen LogP contribution < -0.4 is 5.56 Å². The van der Waals surface area contributed by atoms with Gasteiger partial charge in [-0.25, -0.2) is 4.68 Å². The van der Waals surface area contributed by atoms with Gasteiger partial charge in [0.1, 0.15) is 0 Å². The van der Waals surface area contributed by atoms with Crippen LogP contribution in [0.4, 0.5) is 0 Å². The van der Waals surface area contributed by atoms with Crippen molar-refractivity contribution in [2.75, 3.05) is 26.2 Å². The Bertz CT molecular complexity index is 622. The molecule has 1 aromatic heterocycles. The molecule has 0 bridgehead atoms. The van der Waals surface area contributed by atoms with Crippen LogP contribution in [0.3, 0.4) is 0 Å². The number of carbonyl (C=O) groups excluding carboxylic acids is 1. The fourth-order valence-corrected chi connectivity index (χ4v) is 3.79. The van der Waals surface area contributed by atoms with E-state index in [0.717, 1.165) is 44.7 Å². The van der Waals surface area contributed by atoms with E-state index in [1.165, 1.54) is 30.4 Å². The van der Waals surface area contributed by atoms with Crippen molar-refractivity contribution in [3.8, 4) is 0 Å². The summed E-state index contributed by atoms with van der Waals surface area (Å²) in [5, 5.41) is 4.30. The molecule has 6 heteroatoms. The zero-order valence-electron chi connectivity index (χ0n) is 14.6. The molecule has 0 N–H and O–H groups in total. The molecule has 1 saturated carbocycles. The topological polar surface area (TPSA) is 58.4 Å². The summed E-state index contributed by atoms with van der Waals surface area (Å²) in [5.41, 5.74) is 0.775. The van der Waals surface area contributed by atoms with Crippen LogP contribution in [0.2, 0.25) is 0 Å². The summed E-state index contributed by atoms with van der Waals surface area (Å²) in [6.07, 6.45) is 6.67. The van der Waals surface area contributed by atoms with E-state index in [9.17, 15) is 9.59 Å². The molecule has 132 valence electrons. The maximum absolute atomic E-state index is 12.5. The highest BCUT2D eigenvalue weighted by molar-refractivity contribution is 5.76. The molecule has 3 rings (SSSR count). The summed E-state index contributed by atoms with van der Waals surface area (Å²) in [6.45, 7) is 5.69. The summed E-state index contributed by atoms with van der Waals surface area (Å²) in [6, 6.07) is 3.31. The molecule has 0 atom stereocenters. The first-order valence-corrected chi connectivity index (χ1v) is 9.17. The Kier molecular flexibility index (Phi) is 5.66. The molecule has 2 aliphatic rings. The number of carbonyl (C=O) groups is 1. The predicted octanol–water partition coefficient (Wildman–Crippen LogP) is 1.62. The summed E-state index contributed by atoms with van der Waals surface area (Å²) < 4.78 is 1.52. The smallest absolute Gasteiger partial charge is 0.267 e. The van der Waals surface area contributed by atoms with E-state index in [0.29, 0.717) is 18.5 Å². The maximum atomic E-state index is 12.5. The van der Waals surface area contributed by atoms with E-state index < -0.39 is 0 Å². The molecule has 2 fully saturated rings. The van der Waals surface area contributed by atoms with E-state index in [1.807, 2.05) is 11.8 Å². The van der Waals surface area contributed by atoms with Gasteiger partial charge in [-0.15, -0.1) is 0 Å². The van der Waals surface area contributed by atoms with E-state index in [1.54, 1.807) is 12.1 Å². The molecule has 24 heavy (non-hydrogen) atoms. The second-order valence-corrected chi connectivity index (χ2v) is 7.16. The zero-order valence-corrected chi connectivity index (χ0v) is 14.6. The number of aryl methyl sites for hydroxylation is 1. The Morgan fingerprint density at radius 1 is 1.12 bits per heavy atom. The third-order valence-electron chi connectivity index (χ3n) is 5.21. The molecule has 2 heterocycles. The van der Waals surface area contributed by atoms with E-state index in [4.69, 9.17) is 0 Å². The van der Waals surface area contributed by atoms with Gasteiger partial charge in [-0.2, -0.15) is 5.10 Å². The van der Waals surface area contributed by atoms with E-state index >= 15 is 0 Å². The van der Waals surface area contributed by atoms with Crippen molar-refractivity contribution in [3.05, 3.63) is 28.2 Å². The molecule has 1 aliphatic carbocycles. The Hall–Kier alpha value is -1.69. The van der Waals surface area contributed by atoms with Crippen molar-refractivity contribution < 1.29 is 4.79 Å². The largest absolute Gasteiger partial charge is 0.341 e. The Balaban J connectivity index is 1.53. The minimum absolute atomic E-state index is 0.0704. The zero-order chi connectivity index (χ0) is 16.9. The summed E-state index contributed by atoms with van der Waals surface area (Å²) in [5.74, 6) is 0.918. The molecular weight excluding hydrogens is 304 g/mol. The van der Waals surface area contributed by atoms with Gasteiger partial charge in [-0.05, 0) is 38.2 Å². The lowest BCUT2D eigenvalue weighted by Gasteiger charge is -2.23. The van der Waals surface area contributed by atoms with E-state index in [-0.39, 0.29) is 5.56 Å². The number of hydrogen-bond acceptors (Lipinski definition) is 4. The van der Waals surface area contributed by atoms with Crippen LogP contribution in [0.25, 0.3) is 0 Å². The summed E-state index contributed by atoms with van der Waals surface area (Å²) in [7, 11) is 0. The van der Waals surface area contributed by atoms with Gasteiger partial charge in [-0.1, -0.05) is 12.8 Å². The lowest BCUT2D eigenvalue weighted by atomic mass is 10.0. The van der Waals surface area contributed by atoms with Crippen LogP contribution in [-0.2, 0) is 11.5 Å². The van der Waals surface area contributed by atoms with Crippen molar-refractivity contribution in [3.63, 3.8) is 0 Å². The van der Waals surface area contributed by atoms with Gasteiger partial charge in [0, 0.05) is 38.7 Å². The quantitative estimate of drug-likeness (QED) is 0.841. The molecule has 6 nitrogen and oxygen atoms in total. The number of nitrogens with zero attached hydrogens (tertiary/aromatic N) is 4. The summed E-state index contributed by atoms with van der Waals surface area (Å²) in [4.78, 5) is 28.7. The number of aromatic nitrogens is 2. The first kappa shape index (κ1) is 17.1. The molecule has 1 aliphatic heterocycles. The minimum atomic E-state index is -0.0704. The van der Waals surface area contributed by atoms with Crippen LogP contribution in [0, 0.1) is 12.8 Å².